The summed E-state index contributed by atoms with van der Waals surface area (Å²) in [6.45, 7) is 5.82. The summed E-state index contributed by atoms with van der Waals surface area (Å²) < 4.78 is 17.9. The Morgan fingerprint density at radius 3 is 2.47 bits per heavy atom. The second-order valence-electron chi connectivity index (χ2n) is 5.60. The van der Waals surface area contributed by atoms with E-state index >= 15 is 0 Å². The summed E-state index contributed by atoms with van der Waals surface area (Å²) in [5, 5.41) is 13.8. The summed E-state index contributed by atoms with van der Waals surface area (Å²) in [5.41, 5.74) is 0.437. The van der Waals surface area contributed by atoms with E-state index in [1.54, 1.807) is 12.1 Å². The minimum absolute atomic E-state index is 0.246. The number of aromatic nitrogens is 2. The summed E-state index contributed by atoms with van der Waals surface area (Å²) in [6.07, 6.45) is -0.258. The van der Waals surface area contributed by atoms with Gasteiger partial charge in [0.15, 0.2) is 0 Å². The lowest BCUT2D eigenvalue weighted by Crippen LogP contribution is -2.28. The first-order valence-electron chi connectivity index (χ1n) is 6.13. The standard InChI is InChI=1S/C14H17FN2O2/c1-14(2,3)11(18)8-12-16-13(17-19-12)9-4-6-10(15)7-5-9/h4-7,11,18H,8H2,1-3H3. The highest BCUT2D eigenvalue weighted by atomic mass is 19.1. The molecule has 0 radical (unpaired) electrons. The fraction of sp³-hybridized carbons (Fsp3) is 0.429. The highest BCUT2D eigenvalue weighted by molar-refractivity contribution is 5.53. The zero-order valence-corrected chi connectivity index (χ0v) is 11.2. The van der Waals surface area contributed by atoms with Crippen LogP contribution in [0, 0.1) is 11.2 Å². The van der Waals surface area contributed by atoms with Crippen LogP contribution in [0.1, 0.15) is 26.7 Å². The number of benzene rings is 1. The Hall–Kier alpha value is -1.75. The molecule has 0 aliphatic carbocycles. The molecule has 0 bridgehead atoms. The van der Waals surface area contributed by atoms with Crippen LogP contribution in [0.4, 0.5) is 4.39 Å². The van der Waals surface area contributed by atoms with Crippen LogP contribution in [0.15, 0.2) is 28.8 Å². The van der Waals surface area contributed by atoms with Crippen molar-refractivity contribution in [2.24, 2.45) is 5.41 Å². The zero-order valence-electron chi connectivity index (χ0n) is 11.2. The van der Waals surface area contributed by atoms with Crippen molar-refractivity contribution in [1.82, 2.24) is 10.1 Å². The summed E-state index contributed by atoms with van der Waals surface area (Å²) >= 11 is 0. The molecule has 4 nitrogen and oxygen atoms in total. The normalized spacial score (nSPS) is 13.5. The molecule has 1 aromatic heterocycles. The maximum atomic E-state index is 12.8. The molecule has 0 amide bonds. The van der Waals surface area contributed by atoms with Crippen molar-refractivity contribution in [2.45, 2.75) is 33.3 Å². The van der Waals surface area contributed by atoms with E-state index in [1.807, 2.05) is 20.8 Å². The lowest BCUT2D eigenvalue weighted by atomic mass is 9.87. The van der Waals surface area contributed by atoms with Crippen LogP contribution < -0.4 is 0 Å². The van der Waals surface area contributed by atoms with Gasteiger partial charge >= 0.3 is 0 Å². The topological polar surface area (TPSA) is 59.2 Å². The van der Waals surface area contributed by atoms with Crippen molar-refractivity contribution in [2.75, 3.05) is 0 Å². The second kappa shape index (κ2) is 5.09. The third-order valence-electron chi connectivity index (χ3n) is 2.94. The molecule has 0 spiro atoms. The predicted molar refractivity (Wildman–Crippen MR) is 68.9 cm³/mol. The highest BCUT2D eigenvalue weighted by Gasteiger charge is 2.24. The first kappa shape index (κ1) is 13.7. The van der Waals surface area contributed by atoms with Gasteiger partial charge in [-0.25, -0.2) is 4.39 Å². The summed E-state index contributed by atoms with van der Waals surface area (Å²) in [5.74, 6) is 0.466. The molecule has 0 saturated carbocycles. The van der Waals surface area contributed by atoms with E-state index in [2.05, 4.69) is 10.1 Å². The molecule has 1 atom stereocenters. The third kappa shape index (κ3) is 3.38. The molecule has 19 heavy (non-hydrogen) atoms. The molecule has 1 N–H and O–H groups in total. The molecule has 1 heterocycles. The third-order valence-corrected chi connectivity index (χ3v) is 2.94. The molecule has 102 valence electrons. The number of halogens is 1. The van der Waals surface area contributed by atoms with Crippen LogP contribution >= 0.6 is 0 Å². The maximum absolute atomic E-state index is 12.8. The van der Waals surface area contributed by atoms with E-state index in [0.29, 0.717) is 23.7 Å². The number of hydrogen-bond acceptors (Lipinski definition) is 4. The van der Waals surface area contributed by atoms with Crippen molar-refractivity contribution in [3.8, 4) is 11.4 Å². The summed E-state index contributed by atoms with van der Waals surface area (Å²) in [6, 6.07) is 5.86. The molecule has 1 aromatic carbocycles. The Balaban J connectivity index is 2.13. The van der Waals surface area contributed by atoms with Crippen LogP contribution in [0.25, 0.3) is 11.4 Å². The van der Waals surface area contributed by atoms with Gasteiger partial charge in [0.2, 0.25) is 11.7 Å². The van der Waals surface area contributed by atoms with E-state index in [9.17, 15) is 9.50 Å². The van der Waals surface area contributed by atoms with E-state index < -0.39 is 6.10 Å². The van der Waals surface area contributed by atoms with Gasteiger partial charge in [0, 0.05) is 5.56 Å². The van der Waals surface area contributed by atoms with Gasteiger partial charge in [0.05, 0.1) is 12.5 Å². The average molecular weight is 264 g/mol. The number of aliphatic hydroxyl groups excluding tert-OH is 1. The van der Waals surface area contributed by atoms with E-state index in [4.69, 9.17) is 4.52 Å². The van der Waals surface area contributed by atoms with Crippen molar-refractivity contribution in [3.05, 3.63) is 36.0 Å². The molecular weight excluding hydrogens is 247 g/mol. The van der Waals surface area contributed by atoms with Crippen LogP contribution in [0.3, 0.4) is 0 Å². The van der Waals surface area contributed by atoms with Gasteiger partial charge in [0.25, 0.3) is 0 Å². The molecule has 0 aliphatic heterocycles. The monoisotopic (exact) mass is 264 g/mol. The summed E-state index contributed by atoms with van der Waals surface area (Å²) in [4.78, 5) is 4.20. The number of nitrogens with zero attached hydrogens (tertiary/aromatic N) is 2. The van der Waals surface area contributed by atoms with Crippen LogP contribution in [0.2, 0.25) is 0 Å². The number of hydrogen-bond donors (Lipinski definition) is 1. The van der Waals surface area contributed by atoms with Crippen molar-refractivity contribution < 1.29 is 14.0 Å². The first-order valence-corrected chi connectivity index (χ1v) is 6.13. The largest absolute Gasteiger partial charge is 0.392 e. The Bertz CT molecular complexity index is 543. The number of aliphatic hydroxyl groups is 1. The van der Waals surface area contributed by atoms with Gasteiger partial charge in [-0.15, -0.1) is 0 Å². The minimum Gasteiger partial charge on any atom is -0.392 e. The Kier molecular flexibility index (Phi) is 3.66. The van der Waals surface area contributed by atoms with Gasteiger partial charge < -0.3 is 9.63 Å². The first-order chi connectivity index (χ1) is 8.86. The average Bonchev–Trinajstić information content (AvgIpc) is 2.77. The van der Waals surface area contributed by atoms with Gasteiger partial charge in [0.1, 0.15) is 5.82 Å². The Morgan fingerprint density at radius 1 is 1.26 bits per heavy atom. The molecular formula is C14H17FN2O2. The van der Waals surface area contributed by atoms with E-state index in [0.717, 1.165) is 0 Å². The van der Waals surface area contributed by atoms with Crippen molar-refractivity contribution >= 4 is 0 Å². The molecule has 2 rings (SSSR count). The maximum Gasteiger partial charge on any atom is 0.229 e. The van der Waals surface area contributed by atoms with Crippen LogP contribution in [-0.4, -0.2) is 21.4 Å². The second-order valence-corrected chi connectivity index (χ2v) is 5.60. The van der Waals surface area contributed by atoms with Crippen molar-refractivity contribution in [1.29, 1.82) is 0 Å². The van der Waals surface area contributed by atoms with E-state index in [-0.39, 0.29) is 11.2 Å². The lowest BCUT2D eigenvalue weighted by Gasteiger charge is -2.24. The molecule has 5 heteroatoms. The smallest absolute Gasteiger partial charge is 0.229 e. The SMILES string of the molecule is CC(C)(C)C(O)Cc1nc(-c2ccc(F)cc2)no1. The summed E-state index contributed by atoms with van der Waals surface area (Å²) in [7, 11) is 0. The van der Waals surface area contributed by atoms with Crippen LogP contribution in [-0.2, 0) is 6.42 Å². The quantitative estimate of drug-likeness (QED) is 0.926. The fourth-order valence-corrected chi connectivity index (χ4v) is 1.53. The molecule has 0 saturated heterocycles. The van der Waals surface area contributed by atoms with Crippen molar-refractivity contribution in [3.63, 3.8) is 0 Å². The van der Waals surface area contributed by atoms with E-state index in [1.165, 1.54) is 12.1 Å². The van der Waals surface area contributed by atoms with Gasteiger partial charge in [-0.2, -0.15) is 4.98 Å². The Morgan fingerprint density at radius 2 is 1.89 bits per heavy atom. The van der Waals surface area contributed by atoms with Gasteiger partial charge in [-0.1, -0.05) is 25.9 Å². The molecule has 0 aliphatic rings. The fourth-order valence-electron chi connectivity index (χ4n) is 1.53. The lowest BCUT2D eigenvalue weighted by molar-refractivity contribution is 0.0565. The van der Waals surface area contributed by atoms with Crippen LogP contribution in [0.5, 0.6) is 0 Å². The predicted octanol–water partition coefficient (Wildman–Crippen LogP) is 2.83. The minimum atomic E-state index is -0.561. The highest BCUT2D eigenvalue weighted by Crippen LogP contribution is 2.23. The molecule has 1 unspecified atom stereocenters. The zero-order chi connectivity index (χ0) is 14.0. The number of rotatable bonds is 3. The van der Waals surface area contributed by atoms with Gasteiger partial charge in [-0.05, 0) is 29.7 Å². The Labute approximate surface area is 111 Å². The molecule has 2 aromatic rings. The van der Waals surface area contributed by atoms with Gasteiger partial charge in [-0.3, -0.25) is 0 Å². The molecule has 0 fully saturated rings.